The third kappa shape index (κ3) is 4.48. The molecule has 1 atom stereocenters. The largest absolute Gasteiger partial charge is 0.457 e. The zero-order chi connectivity index (χ0) is 21.0. The van der Waals surface area contributed by atoms with Crippen molar-refractivity contribution < 1.29 is 14.3 Å². The summed E-state index contributed by atoms with van der Waals surface area (Å²) in [6, 6.07) is 25.8. The summed E-state index contributed by atoms with van der Waals surface area (Å²) in [5.74, 6) is 1.23. The molecule has 150 valence electrons. The monoisotopic (exact) mass is 417 g/mol. The van der Waals surface area contributed by atoms with Crippen molar-refractivity contribution in [2.24, 2.45) is 11.3 Å². The van der Waals surface area contributed by atoms with E-state index in [2.05, 4.69) is 6.07 Å². The Bertz CT molecular complexity index is 1070. The van der Waals surface area contributed by atoms with Crippen LogP contribution < -0.4 is 9.47 Å². The number of nitrogens with zero attached hydrogens (tertiary/aromatic N) is 1. The van der Waals surface area contributed by atoms with Gasteiger partial charge in [0.05, 0.1) is 6.07 Å². The number of halogens is 1. The summed E-state index contributed by atoms with van der Waals surface area (Å²) in [6.45, 7) is 0. The number of hydrogen-bond acceptors (Lipinski definition) is 4. The van der Waals surface area contributed by atoms with E-state index in [1.54, 1.807) is 24.3 Å². The van der Waals surface area contributed by atoms with Gasteiger partial charge in [-0.2, -0.15) is 5.26 Å². The molecule has 0 aromatic heterocycles. The summed E-state index contributed by atoms with van der Waals surface area (Å²) in [5, 5.41) is 10.6. The molecule has 0 saturated heterocycles. The zero-order valence-corrected chi connectivity index (χ0v) is 17.0. The van der Waals surface area contributed by atoms with E-state index in [4.69, 9.17) is 21.1 Å². The van der Waals surface area contributed by atoms with Crippen LogP contribution in [0, 0.1) is 22.7 Å². The first-order valence-corrected chi connectivity index (χ1v) is 10.2. The third-order valence-electron chi connectivity index (χ3n) is 5.22. The summed E-state index contributed by atoms with van der Waals surface area (Å²) < 4.78 is 11.5. The van der Waals surface area contributed by atoms with Crippen LogP contribution in [0.2, 0.25) is 5.02 Å². The molecule has 3 aromatic rings. The van der Waals surface area contributed by atoms with E-state index in [1.165, 1.54) is 0 Å². The Hall–Kier alpha value is -3.29. The molecule has 0 heterocycles. The van der Waals surface area contributed by atoms with E-state index >= 15 is 0 Å². The molecule has 1 aliphatic rings. The normalized spacial score (nSPS) is 14.9. The van der Waals surface area contributed by atoms with E-state index in [0.29, 0.717) is 16.5 Å². The minimum Gasteiger partial charge on any atom is -0.457 e. The van der Waals surface area contributed by atoms with Gasteiger partial charge in [-0.3, -0.25) is 0 Å². The molecule has 5 heteroatoms. The van der Waals surface area contributed by atoms with Gasteiger partial charge in [0.1, 0.15) is 17.2 Å². The molecule has 30 heavy (non-hydrogen) atoms. The quantitative estimate of drug-likeness (QED) is 0.339. The van der Waals surface area contributed by atoms with E-state index in [-0.39, 0.29) is 12.3 Å². The van der Waals surface area contributed by atoms with Crippen molar-refractivity contribution in [3.8, 4) is 23.3 Å². The average Bonchev–Trinajstić information content (AvgIpc) is 3.60. The molecule has 0 aliphatic heterocycles. The topological polar surface area (TPSA) is 59.3 Å². The van der Waals surface area contributed by atoms with Crippen molar-refractivity contribution in [3.63, 3.8) is 0 Å². The van der Waals surface area contributed by atoms with E-state index < -0.39 is 11.4 Å². The van der Waals surface area contributed by atoms with Crippen LogP contribution in [0.15, 0.2) is 78.9 Å². The lowest BCUT2D eigenvalue weighted by Crippen LogP contribution is -2.38. The second-order valence-corrected chi connectivity index (χ2v) is 7.88. The predicted molar refractivity (Wildman–Crippen MR) is 115 cm³/mol. The van der Waals surface area contributed by atoms with Gasteiger partial charge in [-0.1, -0.05) is 41.9 Å². The van der Waals surface area contributed by atoms with Crippen molar-refractivity contribution in [1.82, 2.24) is 0 Å². The molecule has 4 nitrogen and oxygen atoms in total. The highest BCUT2D eigenvalue weighted by Gasteiger charge is 2.53. The fraction of sp³-hybridized carbons (Fsp3) is 0.200. The molecule has 1 fully saturated rings. The maximum atomic E-state index is 13.1. The summed E-state index contributed by atoms with van der Waals surface area (Å²) >= 11 is 5.90. The number of benzene rings is 3. The fourth-order valence-electron chi connectivity index (χ4n) is 3.50. The molecular weight excluding hydrogens is 398 g/mol. The summed E-state index contributed by atoms with van der Waals surface area (Å²) in [4.78, 5) is 13.1. The van der Waals surface area contributed by atoms with Crippen LogP contribution in [0.5, 0.6) is 17.2 Å². The molecule has 1 aliphatic carbocycles. The Balaban J connectivity index is 1.56. The summed E-state index contributed by atoms with van der Waals surface area (Å²) in [6.07, 6.45) is 1.94. The second-order valence-electron chi connectivity index (χ2n) is 7.44. The van der Waals surface area contributed by atoms with Crippen LogP contribution in [0.3, 0.4) is 0 Å². The van der Waals surface area contributed by atoms with Gasteiger partial charge in [-0.25, -0.2) is 4.79 Å². The first-order chi connectivity index (χ1) is 14.6. The molecule has 1 saturated carbocycles. The fourth-order valence-corrected chi connectivity index (χ4v) is 3.63. The Morgan fingerprint density at radius 3 is 2.33 bits per heavy atom. The first kappa shape index (κ1) is 20.0. The van der Waals surface area contributed by atoms with E-state index in [0.717, 1.165) is 24.2 Å². The lowest BCUT2D eigenvalue weighted by molar-refractivity contribution is -0.143. The first-order valence-electron chi connectivity index (χ1n) is 9.80. The molecule has 1 unspecified atom stereocenters. The van der Waals surface area contributed by atoms with Crippen LogP contribution in [0.4, 0.5) is 0 Å². The van der Waals surface area contributed by atoms with Gasteiger partial charge >= 0.3 is 5.97 Å². The van der Waals surface area contributed by atoms with Crippen molar-refractivity contribution >= 4 is 17.6 Å². The minimum absolute atomic E-state index is 0.0130. The van der Waals surface area contributed by atoms with Crippen LogP contribution >= 0.6 is 11.6 Å². The molecule has 4 rings (SSSR count). The van der Waals surface area contributed by atoms with Crippen molar-refractivity contribution in [2.45, 2.75) is 19.3 Å². The number of para-hydroxylation sites is 1. The maximum absolute atomic E-state index is 13.1. The Morgan fingerprint density at radius 1 is 0.967 bits per heavy atom. The number of nitriles is 1. The van der Waals surface area contributed by atoms with Crippen LogP contribution in [0.25, 0.3) is 0 Å². The highest BCUT2D eigenvalue weighted by molar-refractivity contribution is 6.30. The summed E-state index contributed by atoms with van der Waals surface area (Å²) in [7, 11) is 0. The molecule has 0 N–H and O–H groups in total. The van der Waals surface area contributed by atoms with Crippen LogP contribution in [-0.2, 0) is 11.2 Å². The van der Waals surface area contributed by atoms with Gasteiger partial charge in [-0.05, 0) is 72.9 Å². The molecule has 0 radical (unpaired) electrons. The maximum Gasteiger partial charge on any atom is 0.332 e. The predicted octanol–water partition coefficient (Wildman–Crippen LogP) is 6.20. The van der Waals surface area contributed by atoms with Gasteiger partial charge in [0, 0.05) is 11.4 Å². The van der Waals surface area contributed by atoms with Gasteiger partial charge < -0.3 is 9.47 Å². The molecule has 3 aromatic carbocycles. The molecular formula is C25H20ClNO3. The van der Waals surface area contributed by atoms with Crippen molar-refractivity contribution in [1.29, 1.82) is 5.26 Å². The number of ether oxygens (including phenoxy) is 2. The highest BCUT2D eigenvalue weighted by atomic mass is 35.5. The second kappa shape index (κ2) is 8.61. The Morgan fingerprint density at radius 2 is 1.67 bits per heavy atom. The minimum atomic E-state index is -1.23. The average molecular weight is 418 g/mol. The van der Waals surface area contributed by atoms with Crippen molar-refractivity contribution in [2.75, 3.05) is 0 Å². The Kier molecular flexibility index (Phi) is 5.74. The number of carbonyl (C=O) groups excluding carboxylic acids is 1. The SMILES string of the molecule is N#CC(Cc1cccc(Oc2ccccc2)c1)(C(=O)Oc1ccc(Cl)cc1)C1CC1. The summed E-state index contributed by atoms with van der Waals surface area (Å²) in [5.41, 5.74) is -0.379. The molecule has 0 bridgehead atoms. The number of carbonyl (C=O) groups is 1. The van der Waals surface area contributed by atoms with Gasteiger partial charge in [0.25, 0.3) is 0 Å². The zero-order valence-electron chi connectivity index (χ0n) is 16.3. The van der Waals surface area contributed by atoms with Crippen LogP contribution in [-0.4, -0.2) is 5.97 Å². The van der Waals surface area contributed by atoms with Gasteiger partial charge in [-0.15, -0.1) is 0 Å². The number of esters is 1. The van der Waals surface area contributed by atoms with Gasteiger partial charge in [0.15, 0.2) is 5.41 Å². The van der Waals surface area contributed by atoms with Gasteiger partial charge in [0.2, 0.25) is 0 Å². The third-order valence-corrected chi connectivity index (χ3v) is 5.47. The lowest BCUT2D eigenvalue weighted by atomic mass is 9.78. The molecule has 0 amide bonds. The Labute approximate surface area is 180 Å². The van der Waals surface area contributed by atoms with E-state index in [9.17, 15) is 10.1 Å². The smallest absolute Gasteiger partial charge is 0.332 e. The standard InChI is InChI=1S/C25H20ClNO3/c26-20-11-13-22(14-12-20)30-24(28)25(17-27,19-9-10-19)16-18-5-4-8-23(15-18)29-21-6-2-1-3-7-21/h1-8,11-15,19H,9-10,16H2. The van der Waals surface area contributed by atoms with Crippen molar-refractivity contribution in [3.05, 3.63) is 89.4 Å². The number of rotatable bonds is 7. The van der Waals surface area contributed by atoms with E-state index in [1.807, 2.05) is 54.6 Å². The molecule has 0 spiro atoms. The highest BCUT2D eigenvalue weighted by Crippen LogP contribution is 2.48. The lowest BCUT2D eigenvalue weighted by Gasteiger charge is -2.24. The number of hydrogen-bond donors (Lipinski definition) is 0. The van der Waals surface area contributed by atoms with Crippen LogP contribution in [0.1, 0.15) is 18.4 Å².